The number of ether oxygens (including phenoxy) is 1. The molecular weight excluding hydrogens is 308 g/mol. The zero-order valence-electron chi connectivity index (χ0n) is 13.3. The second-order valence-corrected chi connectivity index (χ2v) is 5.47. The first-order valence-electron chi connectivity index (χ1n) is 7.73. The van der Waals surface area contributed by atoms with Gasteiger partial charge in [0.05, 0.1) is 18.8 Å². The molecule has 1 N–H and O–H groups in total. The van der Waals surface area contributed by atoms with Crippen LogP contribution in [0.25, 0.3) is 21.6 Å². The van der Waals surface area contributed by atoms with Gasteiger partial charge in [-0.3, -0.25) is 0 Å². The normalized spacial score (nSPS) is 19.8. The van der Waals surface area contributed by atoms with Crippen molar-refractivity contribution in [2.75, 3.05) is 24.6 Å². The van der Waals surface area contributed by atoms with Gasteiger partial charge in [-0.2, -0.15) is 0 Å². The van der Waals surface area contributed by atoms with Gasteiger partial charge in [0.2, 0.25) is 5.88 Å². The van der Waals surface area contributed by atoms with Crippen molar-refractivity contribution < 1.29 is 9.84 Å². The molecular formula is C16H18N6O2. The number of azide groups is 1. The molecule has 8 nitrogen and oxygen atoms in total. The monoisotopic (exact) mass is 326 g/mol. The molecule has 0 unspecified atom stereocenters. The fraction of sp³-hybridized carbons (Fsp3) is 0.375. The van der Waals surface area contributed by atoms with E-state index in [1.54, 1.807) is 12.4 Å². The van der Waals surface area contributed by atoms with Crippen LogP contribution >= 0.6 is 0 Å². The van der Waals surface area contributed by atoms with Gasteiger partial charge in [-0.05, 0) is 36.2 Å². The zero-order chi connectivity index (χ0) is 16.9. The molecule has 0 spiro atoms. The summed E-state index contributed by atoms with van der Waals surface area (Å²) in [6.07, 6.45) is 2.81. The first-order chi connectivity index (χ1) is 11.7. The number of aromatic nitrogens is 2. The van der Waals surface area contributed by atoms with E-state index >= 15 is 0 Å². The Labute approximate surface area is 139 Å². The van der Waals surface area contributed by atoms with E-state index in [0.29, 0.717) is 25.6 Å². The highest BCUT2D eigenvalue weighted by atomic mass is 16.5. The molecule has 1 aliphatic heterocycles. The second-order valence-electron chi connectivity index (χ2n) is 5.47. The lowest BCUT2D eigenvalue weighted by Gasteiger charge is -2.16. The van der Waals surface area contributed by atoms with Crippen molar-refractivity contribution in [1.29, 1.82) is 0 Å². The molecule has 2 aromatic heterocycles. The maximum absolute atomic E-state index is 9.91. The summed E-state index contributed by atoms with van der Waals surface area (Å²) in [7, 11) is 0. The van der Waals surface area contributed by atoms with Crippen LogP contribution in [0.5, 0.6) is 5.88 Å². The third-order valence-corrected chi connectivity index (χ3v) is 3.89. The predicted octanol–water partition coefficient (Wildman–Crippen LogP) is 2.40. The molecule has 2 atom stereocenters. The molecule has 1 aliphatic rings. The summed E-state index contributed by atoms with van der Waals surface area (Å²) < 4.78 is 5.41. The van der Waals surface area contributed by atoms with Crippen LogP contribution in [0.3, 0.4) is 0 Å². The minimum atomic E-state index is -0.670. The summed E-state index contributed by atoms with van der Waals surface area (Å²) in [4.78, 5) is 13.3. The van der Waals surface area contributed by atoms with E-state index < -0.39 is 12.1 Å². The molecule has 1 saturated heterocycles. The number of aliphatic hydroxyl groups is 1. The molecule has 24 heavy (non-hydrogen) atoms. The Bertz CT molecular complexity index is 744. The van der Waals surface area contributed by atoms with Crippen LogP contribution in [0, 0.1) is 0 Å². The fourth-order valence-corrected chi connectivity index (χ4v) is 2.70. The summed E-state index contributed by atoms with van der Waals surface area (Å²) in [5.74, 6) is 1.33. The topological polar surface area (TPSA) is 107 Å². The summed E-state index contributed by atoms with van der Waals surface area (Å²) in [6.45, 7) is 3.34. The fourth-order valence-electron chi connectivity index (χ4n) is 2.70. The van der Waals surface area contributed by atoms with Gasteiger partial charge in [-0.25, -0.2) is 9.97 Å². The molecule has 0 saturated carbocycles. The smallest absolute Gasteiger partial charge is 0.213 e. The van der Waals surface area contributed by atoms with E-state index in [2.05, 4.69) is 20.0 Å². The van der Waals surface area contributed by atoms with Crippen LogP contribution in [0.15, 0.2) is 41.8 Å². The molecule has 124 valence electrons. The van der Waals surface area contributed by atoms with Crippen molar-refractivity contribution in [3.63, 3.8) is 0 Å². The zero-order valence-corrected chi connectivity index (χ0v) is 13.3. The van der Waals surface area contributed by atoms with Crippen molar-refractivity contribution in [2.24, 2.45) is 5.11 Å². The number of aliphatic hydroxyl groups excluding tert-OH is 1. The summed E-state index contributed by atoms with van der Waals surface area (Å²) in [5, 5.41) is 13.5. The summed E-state index contributed by atoms with van der Waals surface area (Å²) in [6, 6.07) is 7.18. The first kappa shape index (κ1) is 16.0. The lowest BCUT2D eigenvalue weighted by molar-refractivity contribution is 0.180. The predicted molar refractivity (Wildman–Crippen MR) is 89.8 cm³/mol. The molecule has 2 aromatic rings. The number of nitrogens with zero attached hydrogens (tertiary/aromatic N) is 6. The third-order valence-electron chi connectivity index (χ3n) is 3.89. The van der Waals surface area contributed by atoms with Crippen LogP contribution in [-0.4, -0.2) is 46.9 Å². The quantitative estimate of drug-likeness (QED) is 0.516. The van der Waals surface area contributed by atoms with Gasteiger partial charge in [0.25, 0.3) is 0 Å². The largest absolute Gasteiger partial charge is 0.478 e. The molecule has 1 fully saturated rings. The van der Waals surface area contributed by atoms with Gasteiger partial charge < -0.3 is 14.7 Å². The molecule has 0 aliphatic carbocycles. The first-order valence-corrected chi connectivity index (χ1v) is 7.73. The molecule has 0 bridgehead atoms. The lowest BCUT2D eigenvalue weighted by Crippen LogP contribution is -2.21. The van der Waals surface area contributed by atoms with Crippen molar-refractivity contribution in [3.05, 3.63) is 47.1 Å². The van der Waals surface area contributed by atoms with Gasteiger partial charge in [-0.1, -0.05) is 5.11 Å². The van der Waals surface area contributed by atoms with E-state index in [1.165, 1.54) is 0 Å². The highest BCUT2D eigenvalue weighted by molar-refractivity contribution is 5.64. The van der Waals surface area contributed by atoms with Gasteiger partial charge in [0.1, 0.15) is 5.82 Å². The Morgan fingerprint density at radius 3 is 2.92 bits per heavy atom. The van der Waals surface area contributed by atoms with Gasteiger partial charge in [0.15, 0.2) is 0 Å². The van der Waals surface area contributed by atoms with E-state index in [0.717, 1.165) is 16.9 Å². The molecule has 8 heteroatoms. The van der Waals surface area contributed by atoms with Crippen LogP contribution in [0.4, 0.5) is 5.82 Å². The number of hydrogen-bond acceptors (Lipinski definition) is 6. The Kier molecular flexibility index (Phi) is 4.79. The van der Waals surface area contributed by atoms with Crippen LogP contribution in [0.2, 0.25) is 0 Å². The Balaban J connectivity index is 1.76. The van der Waals surface area contributed by atoms with Crippen molar-refractivity contribution in [1.82, 2.24) is 9.97 Å². The molecule has 3 heterocycles. The summed E-state index contributed by atoms with van der Waals surface area (Å²) in [5.41, 5.74) is 10.4. The van der Waals surface area contributed by atoms with E-state index in [1.807, 2.05) is 36.1 Å². The maximum atomic E-state index is 9.91. The van der Waals surface area contributed by atoms with Crippen LogP contribution in [-0.2, 0) is 0 Å². The van der Waals surface area contributed by atoms with Crippen molar-refractivity contribution >= 4 is 5.82 Å². The maximum Gasteiger partial charge on any atom is 0.213 e. The minimum Gasteiger partial charge on any atom is -0.478 e. The Hall–Kier alpha value is -2.83. The highest BCUT2D eigenvalue weighted by Gasteiger charge is 2.31. The van der Waals surface area contributed by atoms with Gasteiger partial charge in [-0.15, -0.1) is 0 Å². The Morgan fingerprint density at radius 1 is 1.33 bits per heavy atom. The number of anilines is 1. The van der Waals surface area contributed by atoms with Crippen molar-refractivity contribution in [3.8, 4) is 17.0 Å². The van der Waals surface area contributed by atoms with Crippen LogP contribution < -0.4 is 9.64 Å². The van der Waals surface area contributed by atoms with E-state index in [4.69, 9.17) is 10.3 Å². The standard InChI is InChI=1S/C16H18N6O2/c1-2-24-16-7-11(5-6-18-16)12-3-4-15(19-8-12)22-9-13(20-21-17)14(23)10-22/h3-8,13-14,23H,2,9-10H2,1H3/t13-,14-/m0/s1. The van der Waals surface area contributed by atoms with Gasteiger partial charge in [0, 0.05) is 42.0 Å². The highest BCUT2D eigenvalue weighted by Crippen LogP contribution is 2.25. The minimum absolute atomic E-state index is 0.403. The number of pyridine rings is 2. The average molecular weight is 326 g/mol. The Morgan fingerprint density at radius 2 is 2.21 bits per heavy atom. The van der Waals surface area contributed by atoms with E-state index in [-0.39, 0.29) is 0 Å². The SMILES string of the molecule is CCOc1cc(-c2ccc(N3C[C@H](N=[N+]=[N-])[C@@H](O)C3)nc2)ccn1. The molecule has 0 aromatic carbocycles. The van der Waals surface area contributed by atoms with Crippen molar-refractivity contribution in [2.45, 2.75) is 19.1 Å². The number of hydrogen-bond donors (Lipinski definition) is 1. The lowest BCUT2D eigenvalue weighted by atomic mass is 10.1. The number of β-amino-alcohol motifs (C(OH)–C–C–N with tert-alkyl or cyclic N) is 1. The molecule has 3 rings (SSSR count). The summed E-state index contributed by atoms with van der Waals surface area (Å²) >= 11 is 0. The van der Waals surface area contributed by atoms with E-state index in [9.17, 15) is 5.11 Å². The number of rotatable bonds is 5. The average Bonchev–Trinajstić information content (AvgIpc) is 2.97. The molecule has 0 radical (unpaired) electrons. The molecule has 0 amide bonds. The second kappa shape index (κ2) is 7.16. The third kappa shape index (κ3) is 3.40. The van der Waals surface area contributed by atoms with Gasteiger partial charge >= 0.3 is 0 Å². The van der Waals surface area contributed by atoms with Crippen LogP contribution in [0.1, 0.15) is 6.92 Å².